The molecule has 0 bridgehead atoms. The second-order valence-corrected chi connectivity index (χ2v) is 13.6. The summed E-state index contributed by atoms with van der Waals surface area (Å²) in [6.07, 6.45) is 14.3. The number of benzene rings is 2. The lowest BCUT2D eigenvalue weighted by atomic mass is 9.92. The molecule has 1 heterocycles. The Bertz CT molecular complexity index is 1830. The molecule has 0 aliphatic rings. The predicted octanol–water partition coefficient (Wildman–Crippen LogP) is 10.4. The second kappa shape index (κ2) is 15.9. The van der Waals surface area contributed by atoms with Gasteiger partial charge in [0.25, 0.3) is 0 Å². The van der Waals surface area contributed by atoms with Crippen molar-refractivity contribution >= 4 is 23.1 Å². The summed E-state index contributed by atoms with van der Waals surface area (Å²) < 4.78 is 12.6. The lowest BCUT2D eigenvalue weighted by Crippen LogP contribution is -2.13. The van der Waals surface area contributed by atoms with Crippen LogP contribution in [0.3, 0.4) is 0 Å². The number of hydrogen-bond donors (Lipinski definition) is 3. The van der Waals surface area contributed by atoms with E-state index in [1.54, 1.807) is 12.1 Å². The third kappa shape index (κ3) is 8.68. The topological polar surface area (TPSA) is 100 Å². The van der Waals surface area contributed by atoms with Gasteiger partial charge in [0.2, 0.25) is 5.43 Å². The Morgan fingerprint density at radius 3 is 1.77 bits per heavy atom. The van der Waals surface area contributed by atoms with Crippen molar-refractivity contribution in [3.05, 3.63) is 91.2 Å². The zero-order valence-corrected chi connectivity index (χ0v) is 30.0. The smallest absolute Gasteiger partial charge is 0.200 e. The number of ether oxygens (including phenoxy) is 1. The molecule has 0 aliphatic carbocycles. The van der Waals surface area contributed by atoms with E-state index in [2.05, 4.69) is 0 Å². The minimum absolute atomic E-state index is 0.0280. The van der Waals surface area contributed by atoms with Crippen molar-refractivity contribution < 1.29 is 24.5 Å². The average Bonchev–Trinajstić information content (AvgIpc) is 2.98. The highest BCUT2D eigenvalue weighted by Gasteiger charge is 2.28. The molecule has 3 rings (SSSR count). The zero-order valence-electron chi connectivity index (χ0n) is 30.0. The molecule has 0 aliphatic heterocycles. The molecule has 0 saturated carbocycles. The summed E-state index contributed by atoms with van der Waals surface area (Å²) in [4.78, 5) is 14.6. The van der Waals surface area contributed by atoms with Gasteiger partial charge in [0, 0.05) is 22.3 Å². The lowest BCUT2D eigenvalue weighted by Gasteiger charge is -2.19. The van der Waals surface area contributed by atoms with Crippen LogP contribution in [0.15, 0.2) is 62.4 Å². The van der Waals surface area contributed by atoms with Crippen molar-refractivity contribution in [2.75, 3.05) is 7.11 Å². The molecule has 1 aromatic heterocycles. The van der Waals surface area contributed by atoms with Crippen molar-refractivity contribution in [2.45, 2.75) is 88.5 Å². The number of aromatic hydroxyl groups is 3. The van der Waals surface area contributed by atoms with Gasteiger partial charge >= 0.3 is 0 Å². The van der Waals surface area contributed by atoms with Crippen LogP contribution in [0, 0.1) is 11.8 Å². The number of fused-ring (bicyclic) bond motifs is 1. The molecule has 0 amide bonds. The Balaban J connectivity index is 2.67. The molecule has 3 aromatic rings. The first kappa shape index (κ1) is 37.0. The van der Waals surface area contributed by atoms with Crippen molar-refractivity contribution in [2.24, 2.45) is 11.8 Å². The minimum Gasteiger partial charge on any atom is -0.507 e. The highest BCUT2D eigenvalue weighted by atomic mass is 16.5. The van der Waals surface area contributed by atoms with E-state index in [-0.39, 0.29) is 64.2 Å². The first-order valence-electron chi connectivity index (χ1n) is 16.3. The third-order valence-corrected chi connectivity index (χ3v) is 7.79. The van der Waals surface area contributed by atoms with E-state index in [9.17, 15) is 20.1 Å². The first-order chi connectivity index (χ1) is 22.1. The van der Waals surface area contributed by atoms with Crippen LogP contribution < -0.4 is 10.2 Å². The number of methoxy groups -OCH3 is 1. The summed E-state index contributed by atoms with van der Waals surface area (Å²) in [7, 11) is 1.54. The van der Waals surface area contributed by atoms with Crippen LogP contribution in [0.2, 0.25) is 0 Å². The molecule has 3 N–H and O–H groups in total. The standard InChI is InChI=1S/C41H52O6/c1-23(2)12-17-28-22-33(36(43)29(35(28)42)18-13-24(3)4)40-31(20-15-26(7)8)38(45)34-37(44)30(19-14-25(5)6)39(46-11)32(41(34)47-40)21-16-27(9)10/h12-17,19,22-23,25,42-44H,18,20-21H2,1-11H3/b17-12+,19-14+. The van der Waals surface area contributed by atoms with E-state index in [0.29, 0.717) is 40.0 Å². The molecule has 252 valence electrons. The molecular formula is C41H52O6. The van der Waals surface area contributed by atoms with E-state index < -0.39 is 5.43 Å². The predicted molar refractivity (Wildman–Crippen MR) is 197 cm³/mol. The van der Waals surface area contributed by atoms with E-state index >= 15 is 0 Å². The molecule has 0 atom stereocenters. The average molecular weight is 641 g/mol. The highest BCUT2D eigenvalue weighted by Crippen LogP contribution is 2.46. The van der Waals surface area contributed by atoms with Gasteiger partial charge in [-0.25, -0.2) is 0 Å². The largest absolute Gasteiger partial charge is 0.507 e. The Morgan fingerprint density at radius 2 is 1.26 bits per heavy atom. The van der Waals surface area contributed by atoms with Crippen molar-refractivity contribution in [1.29, 1.82) is 0 Å². The number of phenolic OH excluding ortho intramolecular Hbond substituents is 3. The van der Waals surface area contributed by atoms with Crippen molar-refractivity contribution in [3.63, 3.8) is 0 Å². The number of phenols is 3. The fourth-order valence-corrected chi connectivity index (χ4v) is 5.22. The van der Waals surface area contributed by atoms with E-state index in [1.807, 2.05) is 106 Å². The molecule has 0 saturated heterocycles. The Labute approximate surface area is 280 Å². The Hall–Kier alpha value is -4.45. The lowest BCUT2D eigenvalue weighted by molar-refractivity contribution is 0.402. The monoisotopic (exact) mass is 640 g/mol. The molecular weight excluding hydrogens is 588 g/mol. The maximum Gasteiger partial charge on any atom is 0.200 e. The normalized spacial score (nSPS) is 11.7. The van der Waals surface area contributed by atoms with E-state index in [4.69, 9.17) is 9.15 Å². The summed E-state index contributed by atoms with van der Waals surface area (Å²) in [6, 6.07) is 1.66. The van der Waals surface area contributed by atoms with Gasteiger partial charge in [-0.15, -0.1) is 0 Å². The van der Waals surface area contributed by atoms with Crippen molar-refractivity contribution in [1.82, 2.24) is 0 Å². The summed E-state index contributed by atoms with van der Waals surface area (Å²) in [5, 5.41) is 34.9. The van der Waals surface area contributed by atoms with Gasteiger partial charge < -0.3 is 24.5 Å². The second-order valence-electron chi connectivity index (χ2n) is 13.6. The van der Waals surface area contributed by atoms with Crippen LogP contribution in [0.1, 0.15) is 97.1 Å². The van der Waals surface area contributed by atoms with E-state index in [1.165, 1.54) is 7.11 Å². The van der Waals surface area contributed by atoms with E-state index in [0.717, 1.165) is 16.7 Å². The Morgan fingerprint density at radius 1 is 0.745 bits per heavy atom. The summed E-state index contributed by atoms with van der Waals surface area (Å²) in [6.45, 7) is 19.9. The van der Waals surface area contributed by atoms with Crippen LogP contribution >= 0.6 is 0 Å². The zero-order chi connectivity index (χ0) is 35.2. The first-order valence-corrected chi connectivity index (χ1v) is 16.3. The number of hydrogen-bond acceptors (Lipinski definition) is 6. The highest BCUT2D eigenvalue weighted by molar-refractivity contribution is 5.95. The van der Waals surface area contributed by atoms with Gasteiger partial charge in [0.15, 0.2) is 0 Å². The van der Waals surface area contributed by atoms with Gasteiger partial charge in [0.1, 0.15) is 39.7 Å². The molecule has 0 spiro atoms. The molecule has 6 nitrogen and oxygen atoms in total. The Kier molecular flexibility index (Phi) is 12.5. The van der Waals surface area contributed by atoms with Crippen LogP contribution in [0.25, 0.3) is 34.4 Å². The minimum atomic E-state index is -0.394. The van der Waals surface area contributed by atoms with Gasteiger partial charge in [-0.2, -0.15) is 0 Å². The number of allylic oxidation sites excluding steroid dienone is 8. The van der Waals surface area contributed by atoms with Gasteiger partial charge in [-0.3, -0.25) is 4.79 Å². The molecule has 6 heteroatoms. The van der Waals surface area contributed by atoms with Gasteiger partial charge in [-0.05, 0) is 78.7 Å². The van der Waals surface area contributed by atoms with Crippen molar-refractivity contribution in [3.8, 4) is 34.3 Å². The van der Waals surface area contributed by atoms with Gasteiger partial charge in [-0.1, -0.05) is 86.9 Å². The van der Waals surface area contributed by atoms with Crippen LogP contribution in [0.4, 0.5) is 0 Å². The van der Waals surface area contributed by atoms with Gasteiger partial charge in [0.05, 0.1) is 18.2 Å². The quantitative estimate of drug-likeness (QED) is 0.170. The number of rotatable bonds is 12. The summed E-state index contributed by atoms with van der Waals surface area (Å²) in [5.74, 6) is 0.594. The summed E-state index contributed by atoms with van der Waals surface area (Å²) >= 11 is 0. The maximum atomic E-state index is 14.6. The molecule has 0 unspecified atom stereocenters. The molecule has 47 heavy (non-hydrogen) atoms. The molecule has 0 fully saturated rings. The fraction of sp³-hybridized carbons (Fsp3) is 0.390. The van der Waals surface area contributed by atoms with Crippen LogP contribution in [-0.2, 0) is 19.3 Å². The van der Waals surface area contributed by atoms with Crippen LogP contribution in [0.5, 0.6) is 23.0 Å². The van der Waals surface area contributed by atoms with Crippen LogP contribution in [-0.4, -0.2) is 22.4 Å². The molecule has 2 aromatic carbocycles. The fourth-order valence-electron chi connectivity index (χ4n) is 5.22. The summed E-state index contributed by atoms with van der Waals surface area (Å²) in [5.41, 5.74) is 5.33. The maximum absolute atomic E-state index is 14.6. The third-order valence-electron chi connectivity index (χ3n) is 7.79. The molecule has 0 radical (unpaired) electrons. The SMILES string of the molecule is COc1c(/C=C/C(C)C)c(O)c2c(=O)c(CC=C(C)C)c(-c3cc(/C=C/C(C)C)c(O)c(CC=C(C)C)c3O)oc2c1CC=C(C)C.